The fourth-order valence-corrected chi connectivity index (χ4v) is 2.50. The molecule has 6 heteroatoms. The number of halogens is 1. The molecular formula is C15H20ClNO4. The molecule has 0 aliphatic carbocycles. The predicted molar refractivity (Wildman–Crippen MR) is 79.8 cm³/mol. The second kappa shape index (κ2) is 7.64. The summed E-state index contributed by atoms with van der Waals surface area (Å²) in [6.45, 7) is 2.98. The molecule has 0 spiro atoms. The summed E-state index contributed by atoms with van der Waals surface area (Å²) in [6, 6.07) is 5.26. The molecule has 0 radical (unpaired) electrons. The fraction of sp³-hybridized carbons (Fsp3) is 0.533. The number of ether oxygens (including phenoxy) is 3. The molecule has 1 aliphatic rings. The molecule has 21 heavy (non-hydrogen) atoms. The third-order valence-electron chi connectivity index (χ3n) is 3.45. The van der Waals surface area contributed by atoms with Gasteiger partial charge in [-0.2, -0.15) is 0 Å². The number of hydrogen-bond donors (Lipinski definition) is 1. The summed E-state index contributed by atoms with van der Waals surface area (Å²) >= 11 is 5.88. The van der Waals surface area contributed by atoms with Crippen molar-refractivity contribution in [3.63, 3.8) is 0 Å². The minimum Gasteiger partial charge on any atom is -0.484 e. The maximum Gasteiger partial charge on any atom is 0.258 e. The molecule has 1 fully saturated rings. The number of nitrogens with one attached hydrogen (secondary N) is 1. The lowest BCUT2D eigenvalue weighted by Crippen LogP contribution is -2.50. The standard InChI is InChI=1S/C15H20ClNO4/c1-10-7-11(16)3-4-13(10)21-9-15(18)17-12-5-6-20-8-14(12)19-2/h3-4,7,12,14H,5-6,8-9H2,1-2H3,(H,17,18)/t12-,14-/m1/s1. The molecule has 1 saturated heterocycles. The molecule has 1 aromatic rings. The minimum atomic E-state index is -0.168. The van der Waals surface area contributed by atoms with Crippen molar-refractivity contribution in [2.75, 3.05) is 26.9 Å². The maximum absolute atomic E-state index is 12.0. The quantitative estimate of drug-likeness (QED) is 0.902. The first-order valence-corrected chi connectivity index (χ1v) is 7.27. The van der Waals surface area contributed by atoms with Crippen molar-refractivity contribution in [1.82, 2.24) is 5.32 Å². The minimum absolute atomic E-state index is 0.0315. The van der Waals surface area contributed by atoms with Gasteiger partial charge in [0.1, 0.15) is 11.9 Å². The zero-order valence-electron chi connectivity index (χ0n) is 12.2. The largest absolute Gasteiger partial charge is 0.484 e. The first kappa shape index (κ1) is 16.1. The second-order valence-electron chi connectivity index (χ2n) is 5.01. The van der Waals surface area contributed by atoms with Crippen LogP contribution in [-0.2, 0) is 14.3 Å². The normalized spacial score (nSPS) is 21.9. The number of benzene rings is 1. The summed E-state index contributed by atoms with van der Waals surface area (Å²) in [5, 5.41) is 3.57. The van der Waals surface area contributed by atoms with Crippen LogP contribution in [0, 0.1) is 6.92 Å². The summed E-state index contributed by atoms with van der Waals surface area (Å²) in [4.78, 5) is 12.0. The van der Waals surface area contributed by atoms with E-state index in [9.17, 15) is 4.79 Å². The van der Waals surface area contributed by atoms with Gasteiger partial charge in [-0.05, 0) is 37.1 Å². The van der Waals surface area contributed by atoms with E-state index in [0.29, 0.717) is 24.0 Å². The maximum atomic E-state index is 12.0. The summed E-state index contributed by atoms with van der Waals surface area (Å²) in [5.74, 6) is 0.489. The van der Waals surface area contributed by atoms with Crippen LogP contribution in [0.2, 0.25) is 5.02 Å². The van der Waals surface area contributed by atoms with Crippen LogP contribution in [0.15, 0.2) is 18.2 Å². The van der Waals surface area contributed by atoms with Gasteiger partial charge in [0.05, 0.1) is 12.6 Å². The average Bonchev–Trinajstić information content (AvgIpc) is 2.47. The van der Waals surface area contributed by atoms with Crippen LogP contribution in [-0.4, -0.2) is 45.0 Å². The molecule has 0 saturated carbocycles. The number of aryl methyl sites for hydroxylation is 1. The average molecular weight is 314 g/mol. The van der Waals surface area contributed by atoms with Crippen LogP contribution in [0.5, 0.6) is 5.75 Å². The number of carbonyl (C=O) groups excluding carboxylic acids is 1. The van der Waals surface area contributed by atoms with Crippen LogP contribution in [0.4, 0.5) is 0 Å². The molecule has 1 aliphatic heterocycles. The molecule has 1 heterocycles. The Morgan fingerprint density at radius 1 is 1.52 bits per heavy atom. The van der Waals surface area contributed by atoms with Crippen molar-refractivity contribution in [1.29, 1.82) is 0 Å². The van der Waals surface area contributed by atoms with E-state index in [1.807, 2.05) is 6.92 Å². The van der Waals surface area contributed by atoms with E-state index in [0.717, 1.165) is 12.0 Å². The lowest BCUT2D eigenvalue weighted by molar-refractivity contribution is -0.127. The van der Waals surface area contributed by atoms with Crippen molar-refractivity contribution < 1.29 is 19.0 Å². The van der Waals surface area contributed by atoms with E-state index in [4.69, 9.17) is 25.8 Å². The lowest BCUT2D eigenvalue weighted by Gasteiger charge is -2.30. The van der Waals surface area contributed by atoms with Crippen molar-refractivity contribution in [2.24, 2.45) is 0 Å². The van der Waals surface area contributed by atoms with Gasteiger partial charge in [0.25, 0.3) is 5.91 Å². The Bertz CT molecular complexity index is 495. The Hall–Kier alpha value is -1.30. The lowest BCUT2D eigenvalue weighted by atomic mass is 10.1. The van der Waals surface area contributed by atoms with E-state index in [2.05, 4.69) is 5.32 Å². The van der Waals surface area contributed by atoms with Crippen molar-refractivity contribution in [3.05, 3.63) is 28.8 Å². The zero-order chi connectivity index (χ0) is 15.2. The van der Waals surface area contributed by atoms with E-state index in [1.54, 1.807) is 25.3 Å². The van der Waals surface area contributed by atoms with Crippen molar-refractivity contribution in [2.45, 2.75) is 25.5 Å². The highest BCUT2D eigenvalue weighted by atomic mass is 35.5. The molecule has 1 N–H and O–H groups in total. The third kappa shape index (κ3) is 4.59. The van der Waals surface area contributed by atoms with Gasteiger partial charge in [0.2, 0.25) is 0 Å². The van der Waals surface area contributed by atoms with Crippen LogP contribution in [0.3, 0.4) is 0 Å². The van der Waals surface area contributed by atoms with E-state index in [-0.39, 0.29) is 24.7 Å². The Balaban J connectivity index is 1.84. The monoisotopic (exact) mass is 313 g/mol. The number of methoxy groups -OCH3 is 1. The molecule has 116 valence electrons. The Morgan fingerprint density at radius 2 is 2.33 bits per heavy atom. The van der Waals surface area contributed by atoms with E-state index >= 15 is 0 Å². The molecule has 1 aromatic carbocycles. The Labute approximate surface area is 129 Å². The van der Waals surface area contributed by atoms with Gasteiger partial charge in [0.15, 0.2) is 6.61 Å². The molecule has 5 nitrogen and oxygen atoms in total. The van der Waals surface area contributed by atoms with Gasteiger partial charge in [-0.15, -0.1) is 0 Å². The summed E-state index contributed by atoms with van der Waals surface area (Å²) < 4.78 is 16.1. The summed E-state index contributed by atoms with van der Waals surface area (Å²) in [7, 11) is 1.62. The van der Waals surface area contributed by atoms with Gasteiger partial charge in [-0.1, -0.05) is 11.6 Å². The van der Waals surface area contributed by atoms with E-state index < -0.39 is 0 Å². The van der Waals surface area contributed by atoms with Gasteiger partial charge < -0.3 is 19.5 Å². The molecule has 0 bridgehead atoms. The highest BCUT2D eigenvalue weighted by Crippen LogP contribution is 2.21. The molecular weight excluding hydrogens is 294 g/mol. The van der Waals surface area contributed by atoms with Gasteiger partial charge in [-0.3, -0.25) is 4.79 Å². The van der Waals surface area contributed by atoms with Gasteiger partial charge >= 0.3 is 0 Å². The zero-order valence-corrected chi connectivity index (χ0v) is 13.0. The van der Waals surface area contributed by atoms with Crippen LogP contribution in [0.1, 0.15) is 12.0 Å². The Morgan fingerprint density at radius 3 is 3.05 bits per heavy atom. The smallest absolute Gasteiger partial charge is 0.258 e. The molecule has 0 unspecified atom stereocenters. The van der Waals surface area contributed by atoms with Crippen LogP contribution in [0.25, 0.3) is 0 Å². The number of amides is 1. The van der Waals surface area contributed by atoms with E-state index in [1.165, 1.54) is 0 Å². The summed E-state index contributed by atoms with van der Waals surface area (Å²) in [5.41, 5.74) is 0.899. The predicted octanol–water partition coefficient (Wildman–Crippen LogP) is 1.95. The number of hydrogen-bond acceptors (Lipinski definition) is 4. The van der Waals surface area contributed by atoms with Crippen molar-refractivity contribution >= 4 is 17.5 Å². The van der Waals surface area contributed by atoms with Crippen LogP contribution >= 0.6 is 11.6 Å². The summed E-state index contributed by atoms with van der Waals surface area (Å²) in [6.07, 6.45) is 0.629. The highest BCUT2D eigenvalue weighted by Gasteiger charge is 2.27. The van der Waals surface area contributed by atoms with Gasteiger partial charge in [-0.25, -0.2) is 0 Å². The van der Waals surface area contributed by atoms with Gasteiger partial charge in [0, 0.05) is 18.7 Å². The Kier molecular flexibility index (Phi) is 5.85. The number of rotatable bonds is 5. The highest BCUT2D eigenvalue weighted by molar-refractivity contribution is 6.30. The molecule has 1 amide bonds. The molecule has 2 rings (SSSR count). The van der Waals surface area contributed by atoms with Crippen LogP contribution < -0.4 is 10.1 Å². The first-order chi connectivity index (χ1) is 10.1. The molecule has 2 atom stereocenters. The topological polar surface area (TPSA) is 56.8 Å². The first-order valence-electron chi connectivity index (χ1n) is 6.89. The van der Waals surface area contributed by atoms with Crippen molar-refractivity contribution in [3.8, 4) is 5.75 Å². The number of carbonyl (C=O) groups is 1. The third-order valence-corrected chi connectivity index (χ3v) is 3.68. The second-order valence-corrected chi connectivity index (χ2v) is 5.45. The molecule has 0 aromatic heterocycles. The fourth-order valence-electron chi connectivity index (χ4n) is 2.28. The SMILES string of the molecule is CO[C@@H]1COCC[C@H]1NC(=O)COc1ccc(Cl)cc1C.